The zero-order valence-corrected chi connectivity index (χ0v) is 14.7. The fraction of sp³-hybridized carbons (Fsp3) is 0.0909. The van der Waals surface area contributed by atoms with Crippen LogP contribution in [0.25, 0.3) is 22.4 Å². The van der Waals surface area contributed by atoms with Crippen LogP contribution in [0.3, 0.4) is 0 Å². The van der Waals surface area contributed by atoms with Crippen LogP contribution in [0, 0.1) is 17.1 Å². The molecule has 0 aliphatic rings. The molecular formula is C22H16FN3O. The monoisotopic (exact) mass is 357 g/mol. The van der Waals surface area contributed by atoms with Gasteiger partial charge in [0.25, 0.3) is 0 Å². The van der Waals surface area contributed by atoms with Crippen molar-refractivity contribution in [1.29, 1.82) is 5.26 Å². The molecule has 0 atom stereocenters. The van der Waals surface area contributed by atoms with Gasteiger partial charge in [0.2, 0.25) is 0 Å². The highest BCUT2D eigenvalue weighted by molar-refractivity contribution is 5.82. The smallest absolute Gasteiger partial charge is 0.141 e. The van der Waals surface area contributed by atoms with Crippen molar-refractivity contribution < 1.29 is 9.13 Å². The van der Waals surface area contributed by atoms with Crippen LogP contribution in [-0.2, 0) is 6.54 Å². The number of ether oxygens (including phenoxy) is 1. The second-order valence-electron chi connectivity index (χ2n) is 6.16. The molecule has 0 N–H and O–H groups in total. The second kappa shape index (κ2) is 6.93. The molecule has 4 aromatic rings. The molecule has 1 aromatic heterocycles. The van der Waals surface area contributed by atoms with Gasteiger partial charge in [-0.2, -0.15) is 5.26 Å². The van der Waals surface area contributed by atoms with Gasteiger partial charge in [0.05, 0.1) is 36.3 Å². The molecule has 4 nitrogen and oxygen atoms in total. The van der Waals surface area contributed by atoms with Crippen molar-refractivity contribution in [3.63, 3.8) is 0 Å². The zero-order valence-electron chi connectivity index (χ0n) is 14.7. The van der Waals surface area contributed by atoms with E-state index in [1.54, 1.807) is 31.4 Å². The summed E-state index contributed by atoms with van der Waals surface area (Å²) in [5.74, 6) is 1.18. The highest BCUT2D eigenvalue weighted by atomic mass is 19.1. The first kappa shape index (κ1) is 16.8. The van der Waals surface area contributed by atoms with Crippen LogP contribution in [0.15, 0.2) is 66.7 Å². The van der Waals surface area contributed by atoms with Gasteiger partial charge < -0.3 is 9.30 Å². The van der Waals surface area contributed by atoms with E-state index in [1.807, 2.05) is 41.0 Å². The Bertz CT molecular complexity index is 1160. The van der Waals surface area contributed by atoms with E-state index in [0.29, 0.717) is 29.2 Å². The van der Waals surface area contributed by atoms with E-state index in [9.17, 15) is 4.39 Å². The Hall–Kier alpha value is -3.65. The number of imidazole rings is 1. The summed E-state index contributed by atoms with van der Waals surface area (Å²) in [4.78, 5) is 4.75. The second-order valence-corrected chi connectivity index (χ2v) is 6.16. The van der Waals surface area contributed by atoms with Crippen molar-refractivity contribution in [1.82, 2.24) is 9.55 Å². The largest absolute Gasteiger partial charge is 0.497 e. The normalized spacial score (nSPS) is 10.7. The molecule has 0 saturated heterocycles. The molecule has 0 aliphatic heterocycles. The minimum absolute atomic E-state index is 0.251. The highest BCUT2D eigenvalue weighted by Gasteiger charge is 2.15. The van der Waals surface area contributed by atoms with E-state index in [1.165, 1.54) is 6.07 Å². The molecule has 0 amide bonds. The summed E-state index contributed by atoms with van der Waals surface area (Å²) in [5, 5.41) is 9.02. The zero-order chi connectivity index (χ0) is 18.8. The van der Waals surface area contributed by atoms with E-state index in [0.717, 1.165) is 16.6 Å². The summed E-state index contributed by atoms with van der Waals surface area (Å²) in [7, 11) is 1.61. The highest BCUT2D eigenvalue weighted by Crippen LogP contribution is 2.29. The average Bonchev–Trinajstić information content (AvgIpc) is 3.07. The quantitative estimate of drug-likeness (QED) is 0.529. The number of hydrogen-bond acceptors (Lipinski definition) is 3. The van der Waals surface area contributed by atoms with Crippen LogP contribution in [0.2, 0.25) is 0 Å². The van der Waals surface area contributed by atoms with E-state index < -0.39 is 0 Å². The average molecular weight is 357 g/mol. The van der Waals surface area contributed by atoms with Crippen LogP contribution in [0.1, 0.15) is 11.1 Å². The molecule has 3 aromatic carbocycles. The lowest BCUT2D eigenvalue weighted by molar-refractivity contribution is 0.415. The van der Waals surface area contributed by atoms with Crippen molar-refractivity contribution in [2.45, 2.75) is 6.54 Å². The predicted molar refractivity (Wildman–Crippen MR) is 102 cm³/mol. The SMILES string of the molecule is COc1ccc2c(c1)nc(-c1ccc(C#N)cc1)n2Cc1ccccc1F. The fourth-order valence-corrected chi connectivity index (χ4v) is 3.11. The third-order valence-corrected chi connectivity index (χ3v) is 4.51. The Morgan fingerprint density at radius 2 is 1.85 bits per heavy atom. The number of aromatic nitrogens is 2. The molecule has 27 heavy (non-hydrogen) atoms. The lowest BCUT2D eigenvalue weighted by Crippen LogP contribution is -2.04. The first-order chi connectivity index (χ1) is 13.2. The van der Waals surface area contributed by atoms with Crippen LogP contribution in [-0.4, -0.2) is 16.7 Å². The third kappa shape index (κ3) is 3.13. The molecule has 0 saturated carbocycles. The van der Waals surface area contributed by atoms with Gasteiger partial charge in [0, 0.05) is 17.2 Å². The molecule has 5 heteroatoms. The number of fused-ring (bicyclic) bond motifs is 1. The molecule has 0 bridgehead atoms. The van der Waals surface area contributed by atoms with Gasteiger partial charge in [0.1, 0.15) is 17.4 Å². The summed E-state index contributed by atoms with van der Waals surface area (Å²) in [6, 6.07) is 21.7. The number of nitriles is 1. The number of halogens is 1. The maximum atomic E-state index is 14.2. The van der Waals surface area contributed by atoms with E-state index in [4.69, 9.17) is 15.0 Å². The van der Waals surface area contributed by atoms with Gasteiger partial charge in [-0.1, -0.05) is 18.2 Å². The van der Waals surface area contributed by atoms with Crippen LogP contribution >= 0.6 is 0 Å². The van der Waals surface area contributed by atoms with E-state index >= 15 is 0 Å². The molecule has 0 unspecified atom stereocenters. The number of rotatable bonds is 4. The van der Waals surface area contributed by atoms with Gasteiger partial charge >= 0.3 is 0 Å². The van der Waals surface area contributed by atoms with E-state index in [-0.39, 0.29) is 5.82 Å². The molecule has 1 heterocycles. The number of nitrogens with zero attached hydrogens (tertiary/aromatic N) is 3. The molecule has 4 rings (SSSR count). The predicted octanol–water partition coefficient (Wildman–Crippen LogP) is 4.77. The Kier molecular flexibility index (Phi) is 4.31. The number of hydrogen-bond donors (Lipinski definition) is 0. The first-order valence-electron chi connectivity index (χ1n) is 8.48. The van der Waals surface area contributed by atoms with Gasteiger partial charge in [-0.25, -0.2) is 9.37 Å². The van der Waals surface area contributed by atoms with Crippen LogP contribution in [0.4, 0.5) is 4.39 Å². The fourth-order valence-electron chi connectivity index (χ4n) is 3.11. The summed E-state index contributed by atoms with van der Waals surface area (Å²) in [6.45, 7) is 0.352. The standard InChI is InChI=1S/C22H16FN3O/c1-27-18-10-11-21-20(12-18)25-22(16-8-6-15(13-24)7-9-16)26(21)14-17-4-2-3-5-19(17)23/h2-12H,14H2,1H3. The molecule has 0 aliphatic carbocycles. The summed E-state index contributed by atoms with van der Waals surface area (Å²) in [6.07, 6.45) is 0. The first-order valence-corrected chi connectivity index (χ1v) is 8.48. The summed E-state index contributed by atoms with van der Waals surface area (Å²) < 4.78 is 21.5. The number of methoxy groups -OCH3 is 1. The summed E-state index contributed by atoms with van der Waals surface area (Å²) >= 11 is 0. The van der Waals surface area contributed by atoms with Crippen LogP contribution in [0.5, 0.6) is 5.75 Å². The van der Waals surface area contributed by atoms with Crippen molar-refractivity contribution in [3.05, 3.63) is 83.7 Å². The molecule has 132 valence electrons. The van der Waals surface area contributed by atoms with Gasteiger partial charge in [0.15, 0.2) is 0 Å². The molecular weight excluding hydrogens is 341 g/mol. The number of benzene rings is 3. The maximum Gasteiger partial charge on any atom is 0.141 e. The molecule has 0 fully saturated rings. The van der Waals surface area contributed by atoms with Gasteiger partial charge in [-0.3, -0.25) is 0 Å². The minimum atomic E-state index is -0.251. The Morgan fingerprint density at radius 3 is 2.56 bits per heavy atom. The van der Waals surface area contributed by atoms with Crippen molar-refractivity contribution >= 4 is 11.0 Å². The van der Waals surface area contributed by atoms with E-state index in [2.05, 4.69) is 6.07 Å². The Morgan fingerprint density at radius 1 is 1.07 bits per heavy atom. The topological polar surface area (TPSA) is 50.8 Å². The van der Waals surface area contributed by atoms with Gasteiger partial charge in [-0.05, 0) is 42.5 Å². The van der Waals surface area contributed by atoms with Crippen molar-refractivity contribution in [2.24, 2.45) is 0 Å². The lowest BCUT2D eigenvalue weighted by atomic mass is 10.1. The van der Waals surface area contributed by atoms with Crippen molar-refractivity contribution in [3.8, 4) is 23.2 Å². The Balaban J connectivity index is 1.90. The van der Waals surface area contributed by atoms with Gasteiger partial charge in [-0.15, -0.1) is 0 Å². The lowest BCUT2D eigenvalue weighted by Gasteiger charge is -2.11. The third-order valence-electron chi connectivity index (χ3n) is 4.51. The minimum Gasteiger partial charge on any atom is -0.497 e. The summed E-state index contributed by atoms with van der Waals surface area (Å²) in [5.41, 5.74) is 3.68. The molecule has 0 radical (unpaired) electrons. The maximum absolute atomic E-state index is 14.2. The van der Waals surface area contributed by atoms with Crippen molar-refractivity contribution in [2.75, 3.05) is 7.11 Å². The Labute approximate surface area is 156 Å². The van der Waals surface area contributed by atoms with Crippen LogP contribution < -0.4 is 4.74 Å². The molecule has 0 spiro atoms.